The van der Waals surface area contributed by atoms with Crippen molar-refractivity contribution >= 4 is 0 Å². The van der Waals surface area contributed by atoms with Crippen molar-refractivity contribution in [2.45, 2.75) is 124 Å². The van der Waals surface area contributed by atoms with Gasteiger partial charge in [0.1, 0.15) is 0 Å². The number of allylic oxidation sites excluding steroid dienone is 3. The normalized spacial score (nSPS) is 42.2. The Morgan fingerprint density at radius 1 is 1.03 bits per heavy atom. The summed E-state index contributed by atoms with van der Waals surface area (Å²) in [5, 5.41) is 32.2. The van der Waals surface area contributed by atoms with Gasteiger partial charge in [0.25, 0.3) is 0 Å². The average Bonchev–Trinajstić information content (AvgIpc) is 3.14. The van der Waals surface area contributed by atoms with Gasteiger partial charge >= 0.3 is 0 Å². The summed E-state index contributed by atoms with van der Waals surface area (Å²) in [5.74, 6) is 3.29. The zero-order chi connectivity index (χ0) is 24.8. The lowest BCUT2D eigenvalue weighted by molar-refractivity contribution is -0.0560. The summed E-state index contributed by atoms with van der Waals surface area (Å²) in [6.07, 6.45) is 14.5. The zero-order valence-electron chi connectivity index (χ0n) is 22.8. The molecule has 0 spiro atoms. The number of unbranched alkanes of at least 4 members (excludes halogenated alkanes) is 1. The molecule has 4 rings (SSSR count). The predicted octanol–water partition coefficient (Wildman–Crippen LogP) is 6.67. The number of rotatable bonds is 8. The molecule has 4 aliphatic rings. The lowest BCUT2D eigenvalue weighted by Gasteiger charge is -2.56. The van der Waals surface area contributed by atoms with Gasteiger partial charge in [-0.15, -0.1) is 0 Å². The summed E-state index contributed by atoms with van der Waals surface area (Å²) in [7, 11) is 0. The predicted molar refractivity (Wildman–Crippen MR) is 140 cm³/mol. The van der Waals surface area contributed by atoms with Crippen LogP contribution in [0.4, 0.5) is 0 Å². The number of hydrogen-bond donors (Lipinski definition) is 3. The molecule has 3 fully saturated rings. The molecule has 3 saturated carbocycles. The Hall–Kier alpha value is -0.640. The molecule has 3 N–H and O–H groups in total. The van der Waals surface area contributed by atoms with E-state index in [1.165, 1.54) is 44.1 Å². The molecule has 194 valence electrons. The molecule has 0 saturated heterocycles. The van der Waals surface area contributed by atoms with Crippen LogP contribution in [0, 0.1) is 46.3 Å². The summed E-state index contributed by atoms with van der Waals surface area (Å²) in [4.78, 5) is 0. The van der Waals surface area contributed by atoms with E-state index in [1.54, 1.807) is 5.57 Å². The minimum Gasteiger partial charge on any atom is -0.393 e. The van der Waals surface area contributed by atoms with Crippen molar-refractivity contribution in [2.24, 2.45) is 46.3 Å². The highest BCUT2D eigenvalue weighted by atomic mass is 16.3. The van der Waals surface area contributed by atoms with Crippen LogP contribution in [0.5, 0.6) is 0 Å². The van der Waals surface area contributed by atoms with E-state index in [0.717, 1.165) is 12.8 Å². The molecular weight excluding hydrogens is 420 g/mol. The van der Waals surface area contributed by atoms with Crippen LogP contribution in [0.3, 0.4) is 0 Å². The van der Waals surface area contributed by atoms with Gasteiger partial charge in [0.2, 0.25) is 0 Å². The first-order valence-corrected chi connectivity index (χ1v) is 14.5. The minimum atomic E-state index is -0.451. The van der Waals surface area contributed by atoms with Crippen LogP contribution in [0.15, 0.2) is 23.3 Å². The molecule has 0 aromatic carbocycles. The molecule has 0 aliphatic heterocycles. The fraction of sp³-hybridized carbons (Fsp3) is 0.871. The molecule has 0 amide bonds. The maximum atomic E-state index is 11.1. The molecule has 0 aromatic heterocycles. The summed E-state index contributed by atoms with van der Waals surface area (Å²) in [6, 6.07) is 0. The van der Waals surface area contributed by atoms with E-state index in [9.17, 15) is 15.3 Å². The molecular formula is C31H52O3. The Morgan fingerprint density at radius 3 is 2.44 bits per heavy atom. The van der Waals surface area contributed by atoms with Gasteiger partial charge in [0.15, 0.2) is 0 Å². The number of hydrogen-bond acceptors (Lipinski definition) is 3. The zero-order valence-corrected chi connectivity index (χ0v) is 22.8. The van der Waals surface area contributed by atoms with Gasteiger partial charge in [0, 0.05) is 11.8 Å². The number of aliphatic hydroxyl groups excluding tert-OH is 3. The van der Waals surface area contributed by atoms with E-state index in [-0.39, 0.29) is 11.5 Å². The van der Waals surface area contributed by atoms with E-state index in [2.05, 4.69) is 53.7 Å². The van der Waals surface area contributed by atoms with E-state index >= 15 is 0 Å². The van der Waals surface area contributed by atoms with E-state index in [4.69, 9.17) is 0 Å². The second-order valence-electron chi connectivity index (χ2n) is 13.4. The Kier molecular flexibility index (Phi) is 7.79. The van der Waals surface area contributed by atoms with Gasteiger partial charge in [-0.05, 0) is 79.4 Å². The third-order valence-electron chi connectivity index (χ3n) is 11.3. The third kappa shape index (κ3) is 4.37. The van der Waals surface area contributed by atoms with Gasteiger partial charge in [0.05, 0.1) is 18.3 Å². The van der Waals surface area contributed by atoms with E-state index < -0.39 is 12.2 Å². The fourth-order valence-electron chi connectivity index (χ4n) is 8.92. The SMILES string of the molecule is CCCC[C@H](C[C@@H](O)C(C)C)[C@@H](C)[C@H]1CC[C@H]2C3=CC=C4C[C@@H](O)C[C@H](O)[C@]4(C)[C@H]3CC[C@]12C. The lowest BCUT2D eigenvalue weighted by Crippen LogP contribution is -2.52. The molecule has 0 unspecified atom stereocenters. The van der Waals surface area contributed by atoms with E-state index in [1.807, 2.05) is 0 Å². The number of fused-ring (bicyclic) bond motifs is 5. The van der Waals surface area contributed by atoms with Crippen LogP contribution < -0.4 is 0 Å². The van der Waals surface area contributed by atoms with Crippen LogP contribution in [0.25, 0.3) is 0 Å². The Labute approximate surface area is 209 Å². The maximum Gasteiger partial charge on any atom is 0.0661 e. The molecule has 3 heteroatoms. The summed E-state index contributed by atoms with van der Waals surface area (Å²) < 4.78 is 0. The molecule has 10 atom stereocenters. The molecule has 0 bridgehead atoms. The van der Waals surface area contributed by atoms with Crippen molar-refractivity contribution in [3.63, 3.8) is 0 Å². The average molecular weight is 473 g/mol. The summed E-state index contributed by atoms with van der Waals surface area (Å²) >= 11 is 0. The molecule has 0 heterocycles. The fourth-order valence-corrected chi connectivity index (χ4v) is 8.92. The van der Waals surface area contributed by atoms with Crippen molar-refractivity contribution in [1.29, 1.82) is 0 Å². The van der Waals surface area contributed by atoms with Gasteiger partial charge < -0.3 is 15.3 Å². The third-order valence-corrected chi connectivity index (χ3v) is 11.3. The summed E-state index contributed by atoms with van der Waals surface area (Å²) in [5.41, 5.74) is 2.97. The quantitative estimate of drug-likeness (QED) is 0.370. The first-order valence-electron chi connectivity index (χ1n) is 14.5. The molecule has 0 radical (unpaired) electrons. The Morgan fingerprint density at radius 2 is 1.76 bits per heavy atom. The van der Waals surface area contributed by atoms with E-state index in [0.29, 0.717) is 53.8 Å². The van der Waals surface area contributed by atoms with Crippen LogP contribution in [0.1, 0.15) is 106 Å². The van der Waals surface area contributed by atoms with Crippen LogP contribution in [-0.4, -0.2) is 33.6 Å². The van der Waals surface area contributed by atoms with Crippen LogP contribution in [0.2, 0.25) is 0 Å². The topological polar surface area (TPSA) is 60.7 Å². The van der Waals surface area contributed by atoms with Crippen molar-refractivity contribution in [3.8, 4) is 0 Å². The first-order chi connectivity index (χ1) is 16.0. The molecule has 0 aromatic rings. The maximum absolute atomic E-state index is 11.1. The summed E-state index contributed by atoms with van der Waals surface area (Å²) in [6.45, 7) is 13.9. The van der Waals surface area contributed by atoms with Gasteiger partial charge in [-0.2, -0.15) is 0 Å². The van der Waals surface area contributed by atoms with Gasteiger partial charge in [-0.25, -0.2) is 0 Å². The highest BCUT2D eigenvalue weighted by Gasteiger charge is 2.59. The minimum absolute atomic E-state index is 0.197. The van der Waals surface area contributed by atoms with Gasteiger partial charge in [-0.1, -0.05) is 84.1 Å². The Bertz CT molecular complexity index is 784. The molecule has 4 aliphatic carbocycles. The van der Waals surface area contributed by atoms with Crippen molar-refractivity contribution < 1.29 is 15.3 Å². The monoisotopic (exact) mass is 472 g/mol. The largest absolute Gasteiger partial charge is 0.393 e. The van der Waals surface area contributed by atoms with Gasteiger partial charge in [-0.3, -0.25) is 0 Å². The number of aliphatic hydroxyl groups is 3. The second kappa shape index (κ2) is 10.0. The van der Waals surface area contributed by atoms with Crippen molar-refractivity contribution in [3.05, 3.63) is 23.3 Å². The van der Waals surface area contributed by atoms with Crippen molar-refractivity contribution in [2.75, 3.05) is 0 Å². The molecule has 34 heavy (non-hydrogen) atoms. The Balaban J connectivity index is 1.58. The highest BCUT2D eigenvalue weighted by Crippen LogP contribution is 2.66. The van der Waals surface area contributed by atoms with Crippen LogP contribution in [-0.2, 0) is 0 Å². The van der Waals surface area contributed by atoms with Crippen molar-refractivity contribution in [1.82, 2.24) is 0 Å². The smallest absolute Gasteiger partial charge is 0.0661 e. The molecule has 3 nitrogen and oxygen atoms in total. The highest BCUT2D eigenvalue weighted by molar-refractivity contribution is 5.40. The first kappa shape index (κ1) is 26.4. The lowest BCUT2D eigenvalue weighted by atomic mass is 9.49. The second-order valence-corrected chi connectivity index (χ2v) is 13.4. The standard InChI is InChI=1S/C31H52O3/c1-7-8-9-21(16-28(33)19(2)3)20(4)25-12-13-26-24-11-10-22-17-23(32)18-29(34)31(22,6)27(24)14-15-30(25,26)5/h10-11,19-21,23,25-29,32-34H,7-9,12-18H2,1-6H3/t20-,21-,23-,25-,26+,27+,28-,29+,30-,31+/m1/s1. The van der Waals surface area contributed by atoms with Crippen LogP contribution >= 0.6 is 0 Å².